The van der Waals surface area contributed by atoms with Crippen molar-refractivity contribution in [2.75, 3.05) is 5.32 Å². The van der Waals surface area contributed by atoms with Crippen molar-refractivity contribution in [1.29, 1.82) is 0 Å². The first-order valence-electron chi connectivity index (χ1n) is 5.98. The third kappa shape index (κ3) is 2.89. The Morgan fingerprint density at radius 3 is 2.53 bits per heavy atom. The third-order valence-corrected chi connectivity index (χ3v) is 3.17. The Morgan fingerprint density at radius 2 is 2.05 bits per heavy atom. The van der Waals surface area contributed by atoms with E-state index in [4.69, 9.17) is 0 Å². The maximum Gasteiger partial charge on any atom is 0.216 e. The van der Waals surface area contributed by atoms with E-state index in [1.54, 1.807) is 10.9 Å². The zero-order valence-corrected chi connectivity index (χ0v) is 12.4. The normalized spacial score (nSPS) is 10.4. The molecule has 0 saturated heterocycles. The van der Waals surface area contributed by atoms with Crippen molar-refractivity contribution < 1.29 is 4.39 Å². The lowest BCUT2D eigenvalue weighted by atomic mass is 10.2. The summed E-state index contributed by atoms with van der Waals surface area (Å²) in [6, 6.07) is 0. The molecule has 5 nitrogen and oxygen atoms in total. The Bertz CT molecular complexity index is 561. The summed E-state index contributed by atoms with van der Waals surface area (Å²) in [4.78, 5) is 0. The molecule has 2 rings (SSSR count). The van der Waals surface area contributed by atoms with Crippen LogP contribution in [0.15, 0.2) is 6.20 Å². The molecular weight excluding hydrogens is 269 g/mol. The maximum atomic E-state index is 13.9. The molecule has 0 atom stereocenters. The van der Waals surface area contributed by atoms with E-state index in [1.165, 1.54) is 4.68 Å². The van der Waals surface area contributed by atoms with Crippen LogP contribution in [0.25, 0.3) is 0 Å². The minimum atomic E-state index is -0.260. The quantitative estimate of drug-likeness (QED) is 0.939. The van der Waals surface area contributed by atoms with Crippen molar-refractivity contribution in [3.8, 4) is 0 Å². The molecule has 1 N–H and O–H groups in total. The van der Waals surface area contributed by atoms with E-state index in [2.05, 4.69) is 15.5 Å². The van der Waals surface area contributed by atoms with Crippen LogP contribution in [0.5, 0.6) is 0 Å². The number of hydrogen-bond donors (Lipinski definition) is 1. The number of nitrogens with zero attached hydrogens (tertiary/aromatic N) is 4. The molecule has 0 aromatic carbocycles. The van der Waals surface area contributed by atoms with Crippen molar-refractivity contribution >= 4 is 18.1 Å². The predicted molar refractivity (Wildman–Crippen MR) is 75.1 cm³/mol. The zero-order valence-electron chi connectivity index (χ0n) is 11.6. The lowest BCUT2D eigenvalue weighted by Crippen LogP contribution is -2.05. The molecule has 0 bridgehead atoms. The van der Waals surface area contributed by atoms with Crippen LogP contribution in [0, 0.1) is 19.8 Å². The second kappa shape index (κ2) is 6.06. The van der Waals surface area contributed by atoms with E-state index < -0.39 is 0 Å². The number of hydrogen-bond acceptors (Lipinski definition) is 3. The number of aryl methyl sites for hydroxylation is 3. The molecular formula is C12H19ClFN5. The fraction of sp³-hybridized carbons (Fsp3) is 0.500. The van der Waals surface area contributed by atoms with Crippen molar-refractivity contribution in [3.63, 3.8) is 0 Å². The average molecular weight is 288 g/mol. The van der Waals surface area contributed by atoms with Gasteiger partial charge in [0.2, 0.25) is 5.95 Å². The van der Waals surface area contributed by atoms with Gasteiger partial charge in [-0.3, -0.25) is 4.68 Å². The molecule has 0 amide bonds. The summed E-state index contributed by atoms with van der Waals surface area (Å²) in [5.74, 6) is -0.260. The van der Waals surface area contributed by atoms with E-state index in [0.717, 1.165) is 17.1 Å². The molecule has 2 aromatic heterocycles. The second-order valence-electron chi connectivity index (χ2n) is 4.29. The highest BCUT2D eigenvalue weighted by Crippen LogP contribution is 2.17. The first-order valence-corrected chi connectivity index (χ1v) is 5.98. The van der Waals surface area contributed by atoms with E-state index in [9.17, 15) is 4.39 Å². The average Bonchev–Trinajstić information content (AvgIpc) is 2.80. The van der Waals surface area contributed by atoms with Crippen LogP contribution >= 0.6 is 12.4 Å². The molecule has 2 heterocycles. The summed E-state index contributed by atoms with van der Waals surface area (Å²) in [5, 5.41) is 11.5. The predicted octanol–water partition coefficient (Wildman–Crippen LogP) is 2.43. The second-order valence-corrected chi connectivity index (χ2v) is 4.29. The van der Waals surface area contributed by atoms with Gasteiger partial charge in [0.25, 0.3) is 0 Å². The van der Waals surface area contributed by atoms with Crippen LogP contribution in [0.3, 0.4) is 0 Å². The van der Waals surface area contributed by atoms with Crippen LogP contribution < -0.4 is 5.32 Å². The fourth-order valence-electron chi connectivity index (χ4n) is 1.86. The Hall–Kier alpha value is -1.56. The molecule has 0 spiro atoms. The molecule has 0 aliphatic carbocycles. The zero-order chi connectivity index (χ0) is 13.3. The van der Waals surface area contributed by atoms with Gasteiger partial charge in [-0.2, -0.15) is 14.6 Å². The van der Waals surface area contributed by atoms with E-state index in [0.29, 0.717) is 18.7 Å². The van der Waals surface area contributed by atoms with E-state index in [1.807, 2.05) is 27.8 Å². The fourth-order valence-corrected chi connectivity index (χ4v) is 1.86. The molecule has 19 heavy (non-hydrogen) atoms. The summed E-state index contributed by atoms with van der Waals surface area (Å²) in [6.45, 7) is 6.62. The van der Waals surface area contributed by atoms with Gasteiger partial charge in [0, 0.05) is 25.7 Å². The van der Waals surface area contributed by atoms with Gasteiger partial charge in [0.1, 0.15) is 0 Å². The van der Waals surface area contributed by atoms with Crippen LogP contribution in [0.4, 0.5) is 10.1 Å². The van der Waals surface area contributed by atoms with Gasteiger partial charge in [-0.25, -0.2) is 4.68 Å². The monoisotopic (exact) mass is 287 g/mol. The highest BCUT2D eigenvalue weighted by Gasteiger charge is 2.14. The topological polar surface area (TPSA) is 47.7 Å². The highest BCUT2D eigenvalue weighted by molar-refractivity contribution is 5.85. The Morgan fingerprint density at radius 1 is 1.37 bits per heavy atom. The van der Waals surface area contributed by atoms with Crippen LogP contribution in [-0.4, -0.2) is 19.6 Å². The molecule has 0 saturated carbocycles. The Kier molecular flexibility index (Phi) is 4.94. The smallest absolute Gasteiger partial charge is 0.216 e. The summed E-state index contributed by atoms with van der Waals surface area (Å²) >= 11 is 0. The molecule has 106 valence electrons. The molecule has 2 aromatic rings. The first-order chi connectivity index (χ1) is 8.54. The summed E-state index contributed by atoms with van der Waals surface area (Å²) in [6.07, 6.45) is 1.74. The van der Waals surface area contributed by atoms with Gasteiger partial charge < -0.3 is 5.32 Å². The van der Waals surface area contributed by atoms with E-state index in [-0.39, 0.29) is 18.4 Å². The van der Waals surface area contributed by atoms with Crippen LogP contribution in [0.1, 0.15) is 23.9 Å². The van der Waals surface area contributed by atoms with Gasteiger partial charge >= 0.3 is 0 Å². The molecule has 0 radical (unpaired) electrons. The van der Waals surface area contributed by atoms with Crippen molar-refractivity contribution in [2.24, 2.45) is 7.05 Å². The summed E-state index contributed by atoms with van der Waals surface area (Å²) in [5.41, 5.74) is 3.28. The summed E-state index contributed by atoms with van der Waals surface area (Å²) < 4.78 is 17.1. The molecule has 0 unspecified atom stereocenters. The van der Waals surface area contributed by atoms with Gasteiger partial charge in [-0.1, -0.05) is 0 Å². The largest absolute Gasteiger partial charge is 0.378 e. The molecule has 7 heteroatoms. The number of rotatable bonds is 4. The van der Waals surface area contributed by atoms with Crippen molar-refractivity contribution in [3.05, 3.63) is 29.1 Å². The van der Waals surface area contributed by atoms with Gasteiger partial charge in [-0.15, -0.1) is 12.4 Å². The molecule has 0 aliphatic heterocycles. The minimum Gasteiger partial charge on any atom is -0.378 e. The number of halogens is 2. The van der Waals surface area contributed by atoms with Gasteiger partial charge in [0.05, 0.1) is 23.3 Å². The number of nitrogens with one attached hydrogen (secondary N) is 1. The highest BCUT2D eigenvalue weighted by atomic mass is 35.5. The van der Waals surface area contributed by atoms with Gasteiger partial charge in [0.15, 0.2) is 0 Å². The van der Waals surface area contributed by atoms with Crippen molar-refractivity contribution in [2.45, 2.75) is 33.9 Å². The third-order valence-electron chi connectivity index (χ3n) is 3.17. The Balaban J connectivity index is 0.00000180. The van der Waals surface area contributed by atoms with E-state index >= 15 is 0 Å². The first kappa shape index (κ1) is 15.5. The molecule has 0 fully saturated rings. The number of anilines is 1. The van der Waals surface area contributed by atoms with Crippen LogP contribution in [-0.2, 0) is 20.1 Å². The lowest BCUT2D eigenvalue weighted by molar-refractivity contribution is 0.464. The van der Waals surface area contributed by atoms with Crippen molar-refractivity contribution in [1.82, 2.24) is 19.6 Å². The summed E-state index contributed by atoms with van der Waals surface area (Å²) in [7, 11) is 1.88. The minimum absolute atomic E-state index is 0. The number of aromatic nitrogens is 4. The van der Waals surface area contributed by atoms with Crippen LogP contribution in [0.2, 0.25) is 0 Å². The lowest BCUT2D eigenvalue weighted by Gasteiger charge is -2.05. The SMILES string of the molecule is CCn1nc(C)c(CNc2cnn(C)c2C)c1F.Cl. The maximum absolute atomic E-state index is 13.9. The van der Waals surface area contributed by atoms with Gasteiger partial charge in [-0.05, 0) is 20.8 Å². The molecule has 0 aliphatic rings. The Labute approximate surface area is 118 Å². The standard InChI is InChI=1S/C12H18FN5.ClH/c1-5-18-12(13)10(8(2)16-18)6-14-11-7-15-17(4)9(11)3;/h7,14H,5-6H2,1-4H3;1H.